The maximum absolute atomic E-state index is 9.31. The second kappa shape index (κ2) is 7.33. The van der Waals surface area contributed by atoms with Crippen LogP contribution in [0.25, 0.3) is 0 Å². The van der Waals surface area contributed by atoms with Gasteiger partial charge in [0.15, 0.2) is 0 Å². The average Bonchev–Trinajstić information content (AvgIpc) is 2.44. The van der Waals surface area contributed by atoms with Crippen LogP contribution in [0.1, 0.15) is 25.0 Å². The molecule has 1 N–H and O–H groups in total. The van der Waals surface area contributed by atoms with Crippen LogP contribution in [0.5, 0.6) is 11.6 Å². The summed E-state index contributed by atoms with van der Waals surface area (Å²) in [5, 5.41) is 9.31. The van der Waals surface area contributed by atoms with Gasteiger partial charge in [0.1, 0.15) is 12.4 Å². The Kier molecular flexibility index (Phi) is 5.71. The normalized spacial score (nSPS) is 9.28. The van der Waals surface area contributed by atoms with E-state index in [1.165, 1.54) is 6.20 Å². The second-order valence-corrected chi connectivity index (χ2v) is 3.58. The molecule has 0 fully saturated rings. The highest BCUT2D eigenvalue weighted by Crippen LogP contribution is 2.19. The van der Waals surface area contributed by atoms with Crippen LogP contribution in [-0.4, -0.2) is 10.1 Å². The number of nitrogens with zero attached hydrogens (tertiary/aromatic N) is 1. The lowest BCUT2D eigenvalue weighted by atomic mass is 10.2. The molecule has 2 rings (SSSR count). The fourth-order valence-electron chi connectivity index (χ4n) is 1.33. The number of rotatable bonds is 3. The van der Waals surface area contributed by atoms with Gasteiger partial charge in [0.2, 0.25) is 5.88 Å². The van der Waals surface area contributed by atoms with E-state index in [-0.39, 0.29) is 5.75 Å². The number of aryl methyl sites for hydroxylation is 1. The van der Waals surface area contributed by atoms with Crippen LogP contribution in [0.3, 0.4) is 0 Å². The monoisotopic (exact) mass is 245 g/mol. The maximum Gasteiger partial charge on any atom is 0.214 e. The topological polar surface area (TPSA) is 42.4 Å². The first-order valence-corrected chi connectivity index (χ1v) is 6.08. The lowest BCUT2D eigenvalue weighted by Crippen LogP contribution is -1.97. The summed E-state index contributed by atoms with van der Waals surface area (Å²) in [6.07, 6.45) is 1.40. The van der Waals surface area contributed by atoms with Gasteiger partial charge >= 0.3 is 0 Å². The third kappa shape index (κ3) is 4.09. The number of hydrogen-bond donors (Lipinski definition) is 1. The van der Waals surface area contributed by atoms with Crippen molar-refractivity contribution in [1.82, 2.24) is 4.98 Å². The van der Waals surface area contributed by atoms with Crippen molar-refractivity contribution in [3.8, 4) is 11.6 Å². The zero-order chi connectivity index (χ0) is 13.4. The average molecular weight is 245 g/mol. The molecule has 2 aromatic rings. The van der Waals surface area contributed by atoms with Crippen LogP contribution in [0.4, 0.5) is 0 Å². The summed E-state index contributed by atoms with van der Waals surface area (Å²) in [7, 11) is 0. The highest BCUT2D eigenvalue weighted by Gasteiger charge is 2.00. The van der Waals surface area contributed by atoms with Crippen LogP contribution in [0.15, 0.2) is 42.6 Å². The molecule has 0 spiro atoms. The van der Waals surface area contributed by atoms with Crippen molar-refractivity contribution in [3.63, 3.8) is 0 Å². The Hall–Kier alpha value is -2.03. The van der Waals surface area contributed by atoms with Gasteiger partial charge in [-0.05, 0) is 18.1 Å². The quantitative estimate of drug-likeness (QED) is 0.896. The van der Waals surface area contributed by atoms with Crippen molar-refractivity contribution in [2.24, 2.45) is 0 Å². The van der Waals surface area contributed by atoms with Crippen LogP contribution in [0.2, 0.25) is 0 Å². The van der Waals surface area contributed by atoms with Gasteiger partial charge < -0.3 is 9.84 Å². The van der Waals surface area contributed by atoms with Crippen molar-refractivity contribution in [1.29, 1.82) is 0 Å². The van der Waals surface area contributed by atoms with Crippen molar-refractivity contribution >= 4 is 0 Å². The van der Waals surface area contributed by atoms with E-state index >= 15 is 0 Å². The standard InChI is InChI=1S/C13H13NO2.C2H6/c1-10-7-13(14-8-12(10)15)16-9-11-5-3-2-4-6-11;1-2/h2-8,15H,9H2,1H3;1-2H3. The fourth-order valence-corrected chi connectivity index (χ4v) is 1.33. The van der Waals surface area contributed by atoms with E-state index in [4.69, 9.17) is 4.74 Å². The van der Waals surface area contributed by atoms with E-state index in [0.29, 0.717) is 12.5 Å². The van der Waals surface area contributed by atoms with Crippen molar-refractivity contribution in [3.05, 3.63) is 53.7 Å². The van der Waals surface area contributed by atoms with E-state index in [1.54, 1.807) is 6.07 Å². The first-order chi connectivity index (χ1) is 8.75. The third-order valence-electron chi connectivity index (χ3n) is 2.29. The molecule has 0 saturated heterocycles. The van der Waals surface area contributed by atoms with Crippen LogP contribution >= 0.6 is 0 Å². The van der Waals surface area contributed by atoms with Gasteiger partial charge in [-0.2, -0.15) is 0 Å². The van der Waals surface area contributed by atoms with Crippen molar-refractivity contribution in [2.75, 3.05) is 0 Å². The minimum Gasteiger partial charge on any atom is -0.506 e. The lowest BCUT2D eigenvalue weighted by molar-refractivity contribution is 0.292. The van der Waals surface area contributed by atoms with Crippen LogP contribution in [0, 0.1) is 6.92 Å². The highest BCUT2D eigenvalue weighted by molar-refractivity contribution is 5.32. The number of aromatic nitrogens is 1. The smallest absolute Gasteiger partial charge is 0.214 e. The van der Waals surface area contributed by atoms with Gasteiger partial charge in [-0.3, -0.25) is 0 Å². The molecule has 0 saturated carbocycles. The summed E-state index contributed by atoms with van der Waals surface area (Å²) in [5.41, 5.74) is 1.85. The molecule has 0 amide bonds. The van der Waals surface area contributed by atoms with Gasteiger partial charge in [0.25, 0.3) is 0 Å². The van der Waals surface area contributed by atoms with Gasteiger partial charge in [-0.25, -0.2) is 4.98 Å². The van der Waals surface area contributed by atoms with E-state index in [9.17, 15) is 5.11 Å². The summed E-state index contributed by atoms with van der Waals surface area (Å²) in [5.74, 6) is 0.714. The predicted molar refractivity (Wildman–Crippen MR) is 72.8 cm³/mol. The number of ether oxygens (including phenoxy) is 1. The SMILES string of the molecule is CC.Cc1cc(OCc2ccccc2)ncc1O. The summed E-state index contributed by atoms with van der Waals surface area (Å²) in [6, 6.07) is 11.6. The second-order valence-electron chi connectivity index (χ2n) is 3.58. The number of pyridine rings is 1. The molecular weight excluding hydrogens is 226 g/mol. The molecule has 1 heterocycles. The van der Waals surface area contributed by atoms with Crippen molar-refractivity contribution in [2.45, 2.75) is 27.4 Å². The zero-order valence-corrected chi connectivity index (χ0v) is 11.1. The fraction of sp³-hybridized carbons (Fsp3) is 0.267. The third-order valence-corrected chi connectivity index (χ3v) is 2.29. The summed E-state index contributed by atoms with van der Waals surface area (Å²) < 4.78 is 5.51. The van der Waals surface area contributed by atoms with Crippen LogP contribution < -0.4 is 4.74 Å². The molecular formula is C15H19NO2. The number of benzene rings is 1. The first kappa shape index (κ1) is 14.0. The largest absolute Gasteiger partial charge is 0.506 e. The molecule has 0 aliphatic rings. The Morgan fingerprint density at radius 2 is 1.83 bits per heavy atom. The summed E-state index contributed by atoms with van der Waals surface area (Å²) in [6.45, 7) is 6.30. The van der Waals surface area contributed by atoms with E-state index in [1.807, 2.05) is 51.1 Å². The maximum atomic E-state index is 9.31. The molecule has 3 nitrogen and oxygen atoms in total. The van der Waals surface area contributed by atoms with E-state index in [0.717, 1.165) is 11.1 Å². The molecule has 0 atom stereocenters. The number of hydrogen-bond acceptors (Lipinski definition) is 3. The highest BCUT2D eigenvalue weighted by atomic mass is 16.5. The lowest BCUT2D eigenvalue weighted by Gasteiger charge is -2.06. The van der Waals surface area contributed by atoms with Gasteiger partial charge in [0, 0.05) is 6.07 Å². The molecule has 0 unspecified atom stereocenters. The predicted octanol–water partition coefficient (Wildman–Crippen LogP) is 3.70. The molecule has 1 aromatic heterocycles. The summed E-state index contributed by atoms with van der Waals surface area (Å²) >= 11 is 0. The molecule has 96 valence electrons. The molecule has 0 aliphatic heterocycles. The molecule has 0 bridgehead atoms. The molecule has 3 heteroatoms. The molecule has 0 aliphatic carbocycles. The zero-order valence-electron chi connectivity index (χ0n) is 11.1. The minimum absolute atomic E-state index is 0.187. The Morgan fingerprint density at radius 1 is 1.17 bits per heavy atom. The molecule has 1 aromatic carbocycles. The Bertz CT molecular complexity index is 469. The van der Waals surface area contributed by atoms with E-state index in [2.05, 4.69) is 4.98 Å². The number of aromatic hydroxyl groups is 1. The van der Waals surface area contributed by atoms with Gasteiger partial charge in [0.05, 0.1) is 6.20 Å². The van der Waals surface area contributed by atoms with Gasteiger partial charge in [-0.1, -0.05) is 44.2 Å². The van der Waals surface area contributed by atoms with Crippen LogP contribution in [-0.2, 0) is 6.61 Å². The summed E-state index contributed by atoms with van der Waals surface area (Å²) in [4.78, 5) is 3.98. The Balaban J connectivity index is 0.000000771. The first-order valence-electron chi connectivity index (χ1n) is 6.08. The van der Waals surface area contributed by atoms with Gasteiger partial charge in [-0.15, -0.1) is 0 Å². The van der Waals surface area contributed by atoms with Crippen molar-refractivity contribution < 1.29 is 9.84 Å². The minimum atomic E-state index is 0.187. The molecule has 0 radical (unpaired) electrons. The molecule has 18 heavy (non-hydrogen) atoms. The Labute approximate surface area is 108 Å². The Morgan fingerprint density at radius 3 is 2.44 bits per heavy atom. The van der Waals surface area contributed by atoms with E-state index < -0.39 is 0 Å².